The lowest BCUT2D eigenvalue weighted by Gasteiger charge is -2.45. The van der Waals surface area contributed by atoms with E-state index in [-0.39, 0.29) is 5.75 Å². The standard InChI is InChI=1S/C23H36ClF2NO2Si/c1-6-30(7-2,8-3)29-20(14-27-15-12-16-17(13-15)23(16,4)5)21-18(24)10-9-11-19(21)28-22(25)26/h9-11,15-17,20,22,27H,6-8,12-14H2,1-5H3/q-1/t15?,16-,17+,20?. The van der Waals surface area contributed by atoms with Crippen molar-refractivity contribution < 1.29 is 17.9 Å². The number of rotatable bonds is 11. The van der Waals surface area contributed by atoms with Crippen LogP contribution in [0.4, 0.5) is 8.78 Å². The molecule has 3 rings (SSSR count). The van der Waals surface area contributed by atoms with Gasteiger partial charge < -0.3 is 14.5 Å². The van der Waals surface area contributed by atoms with Crippen molar-refractivity contribution in [3.63, 3.8) is 0 Å². The molecule has 1 N–H and O–H groups in total. The first-order valence-electron chi connectivity index (χ1n) is 11.3. The van der Waals surface area contributed by atoms with Gasteiger partial charge >= 0.3 is 6.61 Å². The Morgan fingerprint density at radius 1 is 1.13 bits per heavy atom. The van der Waals surface area contributed by atoms with E-state index in [2.05, 4.69) is 39.9 Å². The molecule has 7 heteroatoms. The normalized spacial score (nSPS) is 26.0. The zero-order valence-electron chi connectivity index (χ0n) is 18.8. The van der Waals surface area contributed by atoms with E-state index in [9.17, 15) is 8.78 Å². The number of halogens is 3. The number of hydrogen-bond donors (Lipinski definition) is 1. The third-order valence-corrected chi connectivity index (χ3v) is 12.8. The van der Waals surface area contributed by atoms with Gasteiger partial charge in [0.15, 0.2) is 0 Å². The summed E-state index contributed by atoms with van der Waals surface area (Å²) in [6.45, 7) is 8.86. The molecule has 2 aliphatic carbocycles. The fourth-order valence-corrected chi connectivity index (χ4v) is 8.57. The fourth-order valence-electron chi connectivity index (χ4n) is 5.48. The van der Waals surface area contributed by atoms with Crippen LogP contribution in [-0.4, -0.2) is 27.5 Å². The minimum absolute atomic E-state index is 0.117. The van der Waals surface area contributed by atoms with Crippen LogP contribution in [-0.2, 0) is 4.43 Å². The van der Waals surface area contributed by atoms with Gasteiger partial charge in [0.05, 0.1) is 6.10 Å². The van der Waals surface area contributed by atoms with Crippen LogP contribution in [0.2, 0.25) is 23.2 Å². The molecule has 0 radical (unpaired) electrons. The minimum Gasteiger partial charge on any atom is -0.558 e. The highest BCUT2D eigenvalue weighted by Gasteiger charge is 2.61. The molecule has 0 saturated heterocycles. The molecule has 0 aliphatic heterocycles. The van der Waals surface area contributed by atoms with E-state index in [0.717, 1.165) is 30.0 Å². The summed E-state index contributed by atoms with van der Waals surface area (Å²) in [5.74, 6) is 1.71. The molecule has 30 heavy (non-hydrogen) atoms. The van der Waals surface area contributed by atoms with Crippen LogP contribution < -0.4 is 10.1 Å². The lowest BCUT2D eigenvalue weighted by molar-refractivity contribution is -0.0514. The van der Waals surface area contributed by atoms with Gasteiger partial charge in [0.1, 0.15) is 5.75 Å². The highest BCUT2D eigenvalue weighted by molar-refractivity contribution is 6.73. The van der Waals surface area contributed by atoms with E-state index in [0.29, 0.717) is 28.6 Å². The van der Waals surface area contributed by atoms with Crippen LogP contribution in [0.3, 0.4) is 0 Å². The van der Waals surface area contributed by atoms with Crippen molar-refractivity contribution in [2.24, 2.45) is 17.3 Å². The van der Waals surface area contributed by atoms with Crippen LogP contribution >= 0.6 is 11.6 Å². The summed E-state index contributed by atoms with van der Waals surface area (Å²) in [7, 11) is -2.00. The number of benzene rings is 1. The second-order valence-electron chi connectivity index (χ2n) is 9.49. The van der Waals surface area contributed by atoms with Gasteiger partial charge in [-0.05, 0) is 50.5 Å². The summed E-state index contributed by atoms with van der Waals surface area (Å²) in [4.78, 5) is 0. The molecule has 0 heterocycles. The number of alkyl halides is 2. The second kappa shape index (κ2) is 9.43. The van der Waals surface area contributed by atoms with E-state index in [1.165, 1.54) is 12.8 Å². The van der Waals surface area contributed by atoms with Crippen molar-refractivity contribution in [3.05, 3.63) is 28.8 Å². The molecule has 3 nitrogen and oxygen atoms in total. The Morgan fingerprint density at radius 3 is 2.27 bits per heavy atom. The van der Waals surface area contributed by atoms with Crippen molar-refractivity contribution >= 4 is 19.9 Å². The maximum Gasteiger partial charge on any atom is 0.387 e. The van der Waals surface area contributed by atoms with E-state index in [4.69, 9.17) is 20.8 Å². The SMILES string of the molecule is CC[Si-](CC)(CC)OC(CNC1C[C@@H]2[C@H](C1)C2(C)C)c1c(Cl)cccc1OC(F)F. The number of nitrogens with one attached hydrogen (secondary N) is 1. The highest BCUT2D eigenvalue weighted by Crippen LogP contribution is 2.66. The summed E-state index contributed by atoms with van der Waals surface area (Å²) in [6.07, 6.45) is 1.94. The van der Waals surface area contributed by atoms with E-state index < -0.39 is 21.0 Å². The van der Waals surface area contributed by atoms with Crippen molar-refractivity contribution in [3.8, 4) is 5.75 Å². The number of ether oxygens (including phenoxy) is 1. The monoisotopic (exact) mass is 459 g/mol. The Bertz CT molecular complexity index is 707. The Hall–Kier alpha value is -0.693. The van der Waals surface area contributed by atoms with E-state index >= 15 is 0 Å². The van der Waals surface area contributed by atoms with Gasteiger partial charge in [-0.25, -0.2) is 0 Å². The Balaban J connectivity index is 1.81. The maximum atomic E-state index is 13.1. The zero-order chi connectivity index (χ0) is 22.1. The lowest BCUT2D eigenvalue weighted by atomic mass is 9.97. The maximum absolute atomic E-state index is 13.1. The van der Waals surface area contributed by atoms with Gasteiger partial charge in [-0.15, -0.1) is 18.1 Å². The lowest BCUT2D eigenvalue weighted by Crippen LogP contribution is -2.41. The van der Waals surface area contributed by atoms with Crippen LogP contribution in [0.1, 0.15) is 59.1 Å². The van der Waals surface area contributed by atoms with E-state index in [1.807, 2.05) is 0 Å². The van der Waals surface area contributed by atoms with Crippen LogP contribution in [0, 0.1) is 17.3 Å². The summed E-state index contributed by atoms with van der Waals surface area (Å²) in [5, 5.41) is 4.10. The summed E-state index contributed by atoms with van der Waals surface area (Å²) in [6, 6.07) is 8.32. The first-order valence-corrected chi connectivity index (χ1v) is 14.2. The van der Waals surface area contributed by atoms with E-state index in [1.54, 1.807) is 18.2 Å². The smallest absolute Gasteiger partial charge is 0.387 e. The molecule has 1 aromatic rings. The Labute approximate surface area is 186 Å². The van der Waals surface area contributed by atoms with Gasteiger partial charge in [0, 0.05) is 23.2 Å². The molecule has 1 aromatic carbocycles. The molecule has 0 bridgehead atoms. The third-order valence-electron chi connectivity index (χ3n) is 7.83. The quantitative estimate of drug-likeness (QED) is 0.360. The predicted octanol–water partition coefficient (Wildman–Crippen LogP) is 7.03. The molecule has 2 saturated carbocycles. The minimum atomic E-state index is -2.90. The molecule has 171 valence electrons. The topological polar surface area (TPSA) is 30.5 Å². The third kappa shape index (κ3) is 4.87. The van der Waals surface area contributed by atoms with Gasteiger partial charge in [-0.2, -0.15) is 8.78 Å². The van der Waals surface area contributed by atoms with Crippen molar-refractivity contribution in [1.82, 2.24) is 5.32 Å². The fraction of sp³-hybridized carbons (Fsp3) is 0.739. The van der Waals surface area contributed by atoms with Gasteiger partial charge in [0.25, 0.3) is 0 Å². The zero-order valence-corrected chi connectivity index (χ0v) is 20.6. The summed E-state index contributed by atoms with van der Waals surface area (Å²) in [5.41, 5.74) is 1.02. The van der Waals surface area contributed by atoms with Crippen molar-refractivity contribution in [1.29, 1.82) is 0 Å². The van der Waals surface area contributed by atoms with Gasteiger partial charge in [0.2, 0.25) is 0 Å². The van der Waals surface area contributed by atoms with Crippen molar-refractivity contribution in [2.45, 2.75) is 84.3 Å². The first-order chi connectivity index (χ1) is 14.2. The van der Waals surface area contributed by atoms with Crippen LogP contribution in [0.15, 0.2) is 18.2 Å². The molecule has 0 amide bonds. The van der Waals surface area contributed by atoms with Crippen molar-refractivity contribution in [2.75, 3.05) is 6.54 Å². The Morgan fingerprint density at radius 2 is 1.73 bits per heavy atom. The molecule has 2 unspecified atom stereocenters. The molecule has 2 aliphatic rings. The molecular weight excluding hydrogens is 424 g/mol. The molecule has 2 fully saturated rings. The average molecular weight is 460 g/mol. The van der Waals surface area contributed by atoms with Gasteiger partial charge in [-0.3, -0.25) is 0 Å². The summed E-state index contributed by atoms with van der Waals surface area (Å²) >= 11 is 6.51. The highest BCUT2D eigenvalue weighted by atomic mass is 35.5. The molecule has 4 atom stereocenters. The largest absolute Gasteiger partial charge is 0.558 e. The summed E-state index contributed by atoms with van der Waals surface area (Å²) < 4.78 is 37.8. The molecule has 0 spiro atoms. The van der Waals surface area contributed by atoms with Gasteiger partial charge in [-0.1, -0.05) is 52.3 Å². The van der Waals surface area contributed by atoms with Crippen LogP contribution in [0.5, 0.6) is 5.75 Å². The van der Waals surface area contributed by atoms with Crippen LogP contribution in [0.25, 0.3) is 0 Å². The molecule has 0 aromatic heterocycles. The predicted molar refractivity (Wildman–Crippen MR) is 121 cm³/mol. The Kier molecular flexibility index (Phi) is 7.53. The number of hydrogen-bond acceptors (Lipinski definition) is 3. The molecular formula is C23H36ClF2NO2Si-. The average Bonchev–Trinajstić information content (AvgIpc) is 3.04. The number of fused-ring (bicyclic) bond motifs is 1. The first kappa shape index (κ1) is 24.0. The second-order valence-corrected chi connectivity index (χ2v) is 14.6.